The number of hydrogen-bond donors (Lipinski definition) is 2. The van der Waals surface area contributed by atoms with Gasteiger partial charge in [0.2, 0.25) is 0 Å². The summed E-state index contributed by atoms with van der Waals surface area (Å²) < 4.78 is 5.13. The van der Waals surface area contributed by atoms with E-state index in [4.69, 9.17) is 4.74 Å². The van der Waals surface area contributed by atoms with Crippen molar-refractivity contribution in [3.8, 4) is 5.75 Å². The molecule has 14 heavy (non-hydrogen) atoms. The Morgan fingerprint density at radius 2 is 1.79 bits per heavy atom. The highest BCUT2D eigenvalue weighted by Crippen LogP contribution is 2.11. The lowest BCUT2D eigenvalue weighted by Crippen LogP contribution is -3.10. The lowest BCUT2D eigenvalue weighted by atomic mass is 10.2. The molecule has 0 bridgehead atoms. The van der Waals surface area contributed by atoms with Gasteiger partial charge in [0.05, 0.1) is 20.2 Å². The third-order valence-corrected chi connectivity index (χ3v) is 2.71. The summed E-state index contributed by atoms with van der Waals surface area (Å²) in [4.78, 5) is 1.56. The Kier molecular flexibility index (Phi) is 3.01. The van der Waals surface area contributed by atoms with Gasteiger partial charge in [-0.1, -0.05) is 0 Å². The first-order chi connectivity index (χ1) is 6.90. The molecule has 0 amide bonds. The van der Waals surface area contributed by atoms with Crippen molar-refractivity contribution in [3.05, 3.63) is 24.3 Å². The molecule has 0 saturated carbocycles. The molecule has 0 atom stereocenters. The van der Waals surface area contributed by atoms with Crippen LogP contribution in [0.25, 0.3) is 0 Å². The van der Waals surface area contributed by atoms with Crippen LogP contribution in [0.3, 0.4) is 0 Å². The summed E-state index contributed by atoms with van der Waals surface area (Å²) in [5.74, 6) is 0.934. The minimum absolute atomic E-state index is 0.934. The van der Waals surface area contributed by atoms with Crippen LogP contribution in [0.2, 0.25) is 0 Å². The van der Waals surface area contributed by atoms with E-state index in [1.807, 2.05) is 12.1 Å². The molecule has 0 aliphatic carbocycles. The number of quaternary nitrogens is 1. The van der Waals surface area contributed by atoms with E-state index in [0.29, 0.717) is 0 Å². The summed E-state index contributed by atoms with van der Waals surface area (Å²) in [5.41, 5.74) is 1.37. The molecule has 2 N–H and O–H groups in total. The molecule has 1 heterocycles. The van der Waals surface area contributed by atoms with Gasteiger partial charge in [0.1, 0.15) is 11.4 Å². The first kappa shape index (κ1) is 9.49. The molecule has 3 nitrogen and oxygen atoms in total. The Labute approximate surface area is 84.7 Å². The van der Waals surface area contributed by atoms with E-state index in [1.54, 1.807) is 12.0 Å². The Hall–Kier alpha value is -1.06. The molecule has 0 unspecified atom stereocenters. The van der Waals surface area contributed by atoms with Crippen molar-refractivity contribution in [1.82, 2.24) is 5.32 Å². The molecule has 1 aliphatic heterocycles. The van der Waals surface area contributed by atoms with Crippen LogP contribution < -0.4 is 15.0 Å². The predicted octanol–water partition coefficient (Wildman–Crippen LogP) is -0.185. The molecule has 0 spiro atoms. The van der Waals surface area contributed by atoms with E-state index in [1.165, 1.54) is 18.8 Å². The number of benzene rings is 1. The zero-order valence-corrected chi connectivity index (χ0v) is 8.55. The summed E-state index contributed by atoms with van der Waals surface area (Å²) in [7, 11) is 1.70. The lowest BCUT2D eigenvalue weighted by Gasteiger charge is -2.23. The Balaban J connectivity index is 2.07. The number of nitrogens with one attached hydrogen (secondary N) is 2. The van der Waals surface area contributed by atoms with Crippen LogP contribution in [0.1, 0.15) is 0 Å². The third kappa shape index (κ3) is 2.05. The fraction of sp³-hybridized carbons (Fsp3) is 0.455. The van der Waals surface area contributed by atoms with E-state index in [0.717, 1.165) is 18.8 Å². The van der Waals surface area contributed by atoms with Gasteiger partial charge in [-0.05, 0) is 12.1 Å². The minimum atomic E-state index is 0.934. The second kappa shape index (κ2) is 4.44. The van der Waals surface area contributed by atoms with Crippen LogP contribution in [-0.2, 0) is 0 Å². The van der Waals surface area contributed by atoms with E-state index in [9.17, 15) is 0 Å². The number of hydrogen-bond acceptors (Lipinski definition) is 2. The van der Waals surface area contributed by atoms with Gasteiger partial charge in [-0.3, -0.25) is 0 Å². The smallest absolute Gasteiger partial charge is 0.131 e. The molecule has 1 aliphatic rings. The number of rotatable bonds is 2. The van der Waals surface area contributed by atoms with Gasteiger partial charge in [-0.25, -0.2) is 0 Å². The zero-order chi connectivity index (χ0) is 9.80. The molecule has 0 radical (unpaired) electrons. The fourth-order valence-electron chi connectivity index (χ4n) is 1.84. The average molecular weight is 193 g/mol. The van der Waals surface area contributed by atoms with Crippen molar-refractivity contribution in [2.45, 2.75) is 0 Å². The first-order valence-electron chi connectivity index (χ1n) is 5.10. The maximum Gasteiger partial charge on any atom is 0.131 e. The highest BCUT2D eigenvalue weighted by Gasteiger charge is 2.14. The summed E-state index contributed by atoms with van der Waals surface area (Å²) in [5, 5.41) is 3.36. The van der Waals surface area contributed by atoms with Crippen LogP contribution in [0.5, 0.6) is 5.75 Å². The SMILES string of the molecule is COc1ccc([NH+]2CCNCC2)cc1. The highest BCUT2D eigenvalue weighted by molar-refractivity contribution is 5.35. The minimum Gasteiger partial charge on any atom is -0.497 e. The average Bonchev–Trinajstić information content (AvgIpc) is 2.30. The summed E-state index contributed by atoms with van der Waals surface area (Å²) in [6, 6.07) is 8.37. The van der Waals surface area contributed by atoms with Crippen LogP contribution in [0.15, 0.2) is 24.3 Å². The van der Waals surface area contributed by atoms with Crippen molar-refractivity contribution in [3.63, 3.8) is 0 Å². The van der Waals surface area contributed by atoms with E-state index >= 15 is 0 Å². The van der Waals surface area contributed by atoms with Crippen molar-refractivity contribution >= 4 is 5.69 Å². The molecule has 1 saturated heterocycles. The quantitative estimate of drug-likeness (QED) is 0.681. The molecule has 1 fully saturated rings. The van der Waals surface area contributed by atoms with E-state index in [-0.39, 0.29) is 0 Å². The van der Waals surface area contributed by atoms with Crippen molar-refractivity contribution in [2.75, 3.05) is 33.3 Å². The van der Waals surface area contributed by atoms with Crippen molar-refractivity contribution in [1.29, 1.82) is 0 Å². The maximum atomic E-state index is 5.13. The molecular weight excluding hydrogens is 176 g/mol. The highest BCUT2D eigenvalue weighted by atomic mass is 16.5. The van der Waals surface area contributed by atoms with E-state index in [2.05, 4.69) is 17.4 Å². The first-order valence-corrected chi connectivity index (χ1v) is 5.10. The zero-order valence-electron chi connectivity index (χ0n) is 8.55. The molecule has 1 aromatic carbocycles. The van der Waals surface area contributed by atoms with Gasteiger partial charge in [0.15, 0.2) is 0 Å². The van der Waals surface area contributed by atoms with Gasteiger partial charge in [0.25, 0.3) is 0 Å². The van der Waals surface area contributed by atoms with Crippen molar-refractivity contribution < 1.29 is 9.64 Å². The van der Waals surface area contributed by atoms with Gasteiger partial charge in [0, 0.05) is 25.2 Å². The summed E-state index contributed by atoms with van der Waals surface area (Å²) in [6.45, 7) is 4.57. The largest absolute Gasteiger partial charge is 0.497 e. The molecular formula is C11H17N2O+. The van der Waals surface area contributed by atoms with Crippen LogP contribution >= 0.6 is 0 Å². The Bertz CT molecular complexity index is 278. The lowest BCUT2D eigenvalue weighted by molar-refractivity contribution is -0.834. The Morgan fingerprint density at radius 1 is 1.14 bits per heavy atom. The molecule has 3 heteroatoms. The number of ether oxygens (including phenoxy) is 1. The van der Waals surface area contributed by atoms with Gasteiger partial charge < -0.3 is 15.0 Å². The predicted molar refractivity (Wildman–Crippen MR) is 56.2 cm³/mol. The number of piperazine rings is 1. The second-order valence-electron chi connectivity index (χ2n) is 3.58. The summed E-state index contributed by atoms with van der Waals surface area (Å²) >= 11 is 0. The molecule has 2 rings (SSSR count). The molecule has 76 valence electrons. The second-order valence-corrected chi connectivity index (χ2v) is 3.58. The molecule has 0 aromatic heterocycles. The van der Waals surface area contributed by atoms with Crippen LogP contribution in [0, 0.1) is 0 Å². The monoisotopic (exact) mass is 193 g/mol. The fourth-order valence-corrected chi connectivity index (χ4v) is 1.84. The van der Waals surface area contributed by atoms with Gasteiger partial charge in [-0.2, -0.15) is 0 Å². The van der Waals surface area contributed by atoms with Gasteiger partial charge >= 0.3 is 0 Å². The standard InChI is InChI=1S/C11H16N2O/c1-14-11-4-2-10(3-5-11)13-8-6-12-7-9-13/h2-5,12H,6-9H2,1H3/p+1. The molecule has 1 aromatic rings. The third-order valence-electron chi connectivity index (χ3n) is 2.71. The van der Waals surface area contributed by atoms with Crippen LogP contribution in [-0.4, -0.2) is 33.3 Å². The van der Waals surface area contributed by atoms with E-state index < -0.39 is 0 Å². The van der Waals surface area contributed by atoms with Gasteiger partial charge in [-0.15, -0.1) is 0 Å². The van der Waals surface area contributed by atoms with Crippen LogP contribution in [0.4, 0.5) is 5.69 Å². The number of methoxy groups -OCH3 is 1. The normalized spacial score (nSPS) is 18.1. The maximum absolute atomic E-state index is 5.13. The topological polar surface area (TPSA) is 25.7 Å². The summed E-state index contributed by atoms with van der Waals surface area (Å²) in [6.07, 6.45) is 0. The van der Waals surface area contributed by atoms with Crippen molar-refractivity contribution in [2.24, 2.45) is 0 Å². The Morgan fingerprint density at radius 3 is 2.36 bits per heavy atom.